The van der Waals surface area contributed by atoms with Crippen LogP contribution in [0.5, 0.6) is 0 Å². The number of aryl methyl sites for hydroxylation is 2. The van der Waals surface area contributed by atoms with Crippen molar-refractivity contribution in [3.8, 4) is 0 Å². The van der Waals surface area contributed by atoms with E-state index in [1.165, 1.54) is 12.8 Å². The summed E-state index contributed by atoms with van der Waals surface area (Å²) in [5.41, 5.74) is 3.62. The topological polar surface area (TPSA) is 67.2 Å². The van der Waals surface area contributed by atoms with E-state index in [9.17, 15) is 9.59 Å². The normalized spacial score (nSPS) is 14.3. The second kappa shape index (κ2) is 10.4. The van der Waals surface area contributed by atoms with Crippen LogP contribution >= 0.6 is 0 Å². The number of benzene rings is 2. The molecule has 32 heavy (non-hydrogen) atoms. The third-order valence-electron chi connectivity index (χ3n) is 6.27. The zero-order valence-electron chi connectivity index (χ0n) is 18.8. The van der Waals surface area contributed by atoms with Crippen molar-refractivity contribution in [1.29, 1.82) is 0 Å². The lowest BCUT2D eigenvalue weighted by Gasteiger charge is -2.20. The number of rotatable bonds is 7. The molecule has 0 spiro atoms. The molecule has 2 aromatic carbocycles. The van der Waals surface area contributed by atoms with Crippen LogP contribution in [0, 0.1) is 6.92 Å². The molecule has 2 amide bonds. The van der Waals surface area contributed by atoms with Crippen LogP contribution < -0.4 is 5.32 Å². The minimum absolute atomic E-state index is 0.0675. The van der Waals surface area contributed by atoms with Crippen molar-refractivity contribution in [1.82, 2.24) is 19.8 Å². The fraction of sp³-hybridized carbons (Fsp3) is 0.423. The summed E-state index contributed by atoms with van der Waals surface area (Å²) in [6.45, 7) is 4.80. The number of aromatic nitrogens is 2. The van der Waals surface area contributed by atoms with Crippen molar-refractivity contribution in [3.63, 3.8) is 0 Å². The average Bonchev–Trinajstić information content (AvgIpc) is 2.96. The molecule has 2 heterocycles. The summed E-state index contributed by atoms with van der Waals surface area (Å²) in [6, 6.07) is 15.6. The number of hydrogen-bond acceptors (Lipinski definition) is 3. The highest BCUT2D eigenvalue weighted by Gasteiger charge is 2.17. The molecule has 1 N–H and O–H groups in total. The molecule has 1 fully saturated rings. The zero-order valence-corrected chi connectivity index (χ0v) is 18.8. The smallest absolute Gasteiger partial charge is 0.251 e. The monoisotopic (exact) mass is 432 g/mol. The van der Waals surface area contributed by atoms with Gasteiger partial charge in [0.25, 0.3) is 5.91 Å². The lowest BCUT2D eigenvalue weighted by atomic mass is 10.1. The molecule has 0 bridgehead atoms. The number of para-hydroxylation sites is 2. The van der Waals surface area contributed by atoms with E-state index in [0.717, 1.165) is 48.4 Å². The molecule has 168 valence electrons. The molecule has 6 nitrogen and oxygen atoms in total. The minimum atomic E-state index is -0.0675. The van der Waals surface area contributed by atoms with Crippen LogP contribution in [-0.4, -0.2) is 45.9 Å². The predicted octanol–water partition coefficient (Wildman–Crippen LogP) is 4.11. The number of likely N-dealkylation sites (tertiary alicyclic amines) is 1. The largest absolute Gasteiger partial charge is 0.352 e. The Bertz CT molecular complexity index is 1080. The highest BCUT2D eigenvalue weighted by molar-refractivity contribution is 5.95. The SMILES string of the molecule is Cc1ccccc1C(=O)NCCc1nc2ccccc2n1CCC(=O)N1CCCCCC1. The van der Waals surface area contributed by atoms with Crippen LogP contribution in [0.4, 0.5) is 0 Å². The van der Waals surface area contributed by atoms with Crippen molar-refractivity contribution in [2.75, 3.05) is 19.6 Å². The Hall–Kier alpha value is -3.15. The van der Waals surface area contributed by atoms with Gasteiger partial charge in [-0.15, -0.1) is 0 Å². The Morgan fingerprint density at radius 3 is 2.47 bits per heavy atom. The van der Waals surface area contributed by atoms with Gasteiger partial charge in [-0.2, -0.15) is 0 Å². The molecule has 3 aromatic rings. The number of imidazole rings is 1. The highest BCUT2D eigenvalue weighted by Crippen LogP contribution is 2.18. The fourth-order valence-electron chi connectivity index (χ4n) is 4.46. The molecule has 1 aliphatic rings. The van der Waals surface area contributed by atoms with E-state index < -0.39 is 0 Å². The first kappa shape index (κ1) is 22.1. The van der Waals surface area contributed by atoms with E-state index in [2.05, 4.69) is 9.88 Å². The molecule has 0 saturated carbocycles. The first-order chi connectivity index (χ1) is 15.6. The summed E-state index contributed by atoms with van der Waals surface area (Å²) in [5, 5.41) is 3.02. The molecule has 0 unspecified atom stereocenters. The van der Waals surface area contributed by atoms with Gasteiger partial charge in [-0.1, -0.05) is 43.2 Å². The van der Waals surface area contributed by atoms with E-state index in [1.54, 1.807) is 0 Å². The van der Waals surface area contributed by atoms with E-state index in [1.807, 2.05) is 60.4 Å². The molecular weight excluding hydrogens is 400 g/mol. The van der Waals surface area contributed by atoms with Gasteiger partial charge in [0.15, 0.2) is 0 Å². The second-order valence-corrected chi connectivity index (χ2v) is 8.53. The molecule has 0 atom stereocenters. The Labute approximate surface area is 189 Å². The Kier molecular flexibility index (Phi) is 7.20. The third kappa shape index (κ3) is 5.18. The Balaban J connectivity index is 1.42. The van der Waals surface area contributed by atoms with E-state index in [0.29, 0.717) is 31.5 Å². The fourth-order valence-corrected chi connectivity index (χ4v) is 4.46. The van der Waals surface area contributed by atoms with Crippen LogP contribution in [-0.2, 0) is 17.8 Å². The molecule has 6 heteroatoms. The maximum atomic E-state index is 12.8. The summed E-state index contributed by atoms with van der Waals surface area (Å²) in [5.74, 6) is 1.06. The number of hydrogen-bond donors (Lipinski definition) is 1. The standard InChI is InChI=1S/C26H32N4O2/c1-20-10-4-5-11-21(20)26(32)27-16-14-24-28-22-12-6-7-13-23(22)30(24)19-15-25(31)29-17-8-2-3-9-18-29/h4-7,10-13H,2-3,8-9,14-19H2,1H3,(H,27,32). The van der Waals surface area contributed by atoms with Gasteiger partial charge in [0.1, 0.15) is 5.82 Å². The van der Waals surface area contributed by atoms with Crippen molar-refractivity contribution in [2.45, 2.75) is 52.0 Å². The van der Waals surface area contributed by atoms with Crippen LogP contribution in [0.25, 0.3) is 11.0 Å². The van der Waals surface area contributed by atoms with Gasteiger partial charge in [0.2, 0.25) is 5.91 Å². The lowest BCUT2D eigenvalue weighted by Crippen LogP contribution is -2.32. The molecule has 1 aromatic heterocycles. The molecular formula is C26H32N4O2. The number of carbonyl (C=O) groups is 2. The molecule has 0 aliphatic carbocycles. The van der Waals surface area contributed by atoms with Gasteiger partial charge in [0.05, 0.1) is 11.0 Å². The first-order valence-corrected chi connectivity index (χ1v) is 11.7. The Morgan fingerprint density at radius 2 is 1.69 bits per heavy atom. The average molecular weight is 433 g/mol. The van der Waals surface area contributed by atoms with Crippen molar-refractivity contribution < 1.29 is 9.59 Å². The minimum Gasteiger partial charge on any atom is -0.352 e. The zero-order chi connectivity index (χ0) is 22.3. The summed E-state index contributed by atoms with van der Waals surface area (Å²) in [6.07, 6.45) is 5.73. The van der Waals surface area contributed by atoms with Gasteiger partial charge < -0.3 is 14.8 Å². The second-order valence-electron chi connectivity index (χ2n) is 8.53. The van der Waals surface area contributed by atoms with Gasteiger partial charge in [-0.05, 0) is 43.5 Å². The summed E-state index contributed by atoms with van der Waals surface area (Å²) < 4.78 is 2.14. The predicted molar refractivity (Wildman–Crippen MR) is 127 cm³/mol. The van der Waals surface area contributed by atoms with Gasteiger partial charge in [-0.25, -0.2) is 4.98 Å². The molecule has 1 aliphatic heterocycles. The van der Waals surface area contributed by atoms with E-state index in [-0.39, 0.29) is 11.8 Å². The molecule has 0 radical (unpaired) electrons. The number of nitrogens with zero attached hydrogens (tertiary/aromatic N) is 3. The van der Waals surface area contributed by atoms with Crippen LogP contribution in [0.3, 0.4) is 0 Å². The Morgan fingerprint density at radius 1 is 0.969 bits per heavy atom. The van der Waals surface area contributed by atoms with Crippen LogP contribution in [0.15, 0.2) is 48.5 Å². The maximum Gasteiger partial charge on any atom is 0.251 e. The van der Waals surface area contributed by atoms with Crippen LogP contribution in [0.2, 0.25) is 0 Å². The van der Waals surface area contributed by atoms with Crippen molar-refractivity contribution >= 4 is 22.8 Å². The quantitative estimate of drug-likeness (QED) is 0.611. The lowest BCUT2D eigenvalue weighted by molar-refractivity contribution is -0.131. The molecule has 4 rings (SSSR count). The summed E-state index contributed by atoms with van der Waals surface area (Å²) in [7, 11) is 0. The maximum absolute atomic E-state index is 12.8. The summed E-state index contributed by atoms with van der Waals surface area (Å²) in [4.78, 5) is 32.2. The highest BCUT2D eigenvalue weighted by atomic mass is 16.2. The van der Waals surface area contributed by atoms with E-state index >= 15 is 0 Å². The van der Waals surface area contributed by atoms with Crippen molar-refractivity contribution in [2.24, 2.45) is 0 Å². The van der Waals surface area contributed by atoms with Gasteiger partial charge in [-0.3, -0.25) is 9.59 Å². The molecule has 1 saturated heterocycles. The van der Waals surface area contributed by atoms with Crippen molar-refractivity contribution in [3.05, 3.63) is 65.5 Å². The third-order valence-corrected chi connectivity index (χ3v) is 6.27. The van der Waals surface area contributed by atoms with Gasteiger partial charge >= 0.3 is 0 Å². The first-order valence-electron chi connectivity index (χ1n) is 11.7. The number of amides is 2. The number of carbonyl (C=O) groups excluding carboxylic acids is 2. The van der Waals surface area contributed by atoms with Crippen LogP contribution in [0.1, 0.15) is 53.8 Å². The van der Waals surface area contributed by atoms with E-state index in [4.69, 9.17) is 4.98 Å². The van der Waals surface area contributed by atoms with Gasteiger partial charge in [0, 0.05) is 44.6 Å². The number of nitrogens with one attached hydrogen (secondary N) is 1. The number of fused-ring (bicyclic) bond motifs is 1. The summed E-state index contributed by atoms with van der Waals surface area (Å²) >= 11 is 0.